The normalized spacial score (nSPS) is 10.2. The van der Waals surface area contributed by atoms with Crippen molar-refractivity contribution < 1.29 is 18.7 Å². The highest BCUT2D eigenvalue weighted by molar-refractivity contribution is 5.69. The molecule has 1 aromatic rings. The van der Waals surface area contributed by atoms with E-state index in [1.165, 1.54) is 19.2 Å². The zero-order valence-corrected chi connectivity index (χ0v) is 10.7. The Balaban J connectivity index is 2.54. The third-order valence-corrected chi connectivity index (χ3v) is 2.31. The fourth-order valence-corrected chi connectivity index (χ4v) is 1.43. The summed E-state index contributed by atoms with van der Waals surface area (Å²) in [7, 11) is 1.32. The number of carbonyl (C=O) groups is 1. The minimum Gasteiger partial charge on any atom is -0.493 e. The number of hydrogen-bond donors (Lipinski definition) is 1. The molecule has 4 nitrogen and oxygen atoms in total. The molecular formula is C13H18FNO3. The summed E-state index contributed by atoms with van der Waals surface area (Å²) in [5.41, 5.74) is 0.810. The van der Waals surface area contributed by atoms with Crippen LogP contribution in [0, 0.1) is 5.82 Å². The van der Waals surface area contributed by atoms with Crippen molar-refractivity contribution in [2.24, 2.45) is 0 Å². The van der Waals surface area contributed by atoms with E-state index in [2.05, 4.69) is 10.1 Å². The number of carbonyl (C=O) groups excluding carboxylic acids is 1. The first kappa shape index (κ1) is 14.4. The SMILES string of the molecule is CCNCc1cc(F)cc(OCCC(=O)OC)c1. The van der Waals surface area contributed by atoms with Crippen molar-refractivity contribution in [3.8, 4) is 5.75 Å². The molecule has 0 amide bonds. The van der Waals surface area contributed by atoms with E-state index >= 15 is 0 Å². The number of benzene rings is 1. The minimum absolute atomic E-state index is 0.148. The van der Waals surface area contributed by atoms with Gasteiger partial charge in [0.05, 0.1) is 20.1 Å². The Morgan fingerprint density at radius 1 is 1.39 bits per heavy atom. The maximum absolute atomic E-state index is 13.3. The van der Waals surface area contributed by atoms with Gasteiger partial charge in [0.15, 0.2) is 0 Å². The summed E-state index contributed by atoms with van der Waals surface area (Å²) >= 11 is 0. The standard InChI is InChI=1S/C13H18FNO3/c1-3-15-9-10-6-11(14)8-12(7-10)18-5-4-13(16)17-2/h6-8,15H,3-5,9H2,1-2H3. The van der Waals surface area contributed by atoms with Crippen LogP contribution in [0.4, 0.5) is 4.39 Å². The number of nitrogens with one attached hydrogen (secondary N) is 1. The Morgan fingerprint density at radius 2 is 2.17 bits per heavy atom. The van der Waals surface area contributed by atoms with Gasteiger partial charge < -0.3 is 14.8 Å². The third kappa shape index (κ3) is 5.14. The smallest absolute Gasteiger partial charge is 0.308 e. The van der Waals surface area contributed by atoms with Gasteiger partial charge in [-0.2, -0.15) is 0 Å². The molecule has 0 aromatic heterocycles. The van der Waals surface area contributed by atoms with Crippen molar-refractivity contribution >= 4 is 5.97 Å². The Hall–Kier alpha value is -1.62. The van der Waals surface area contributed by atoms with Crippen molar-refractivity contribution in [1.82, 2.24) is 5.32 Å². The van der Waals surface area contributed by atoms with Gasteiger partial charge in [-0.3, -0.25) is 4.79 Å². The first-order chi connectivity index (χ1) is 8.65. The number of hydrogen-bond acceptors (Lipinski definition) is 4. The molecule has 0 atom stereocenters. The molecule has 0 aliphatic rings. The monoisotopic (exact) mass is 255 g/mol. The molecule has 0 fully saturated rings. The molecule has 18 heavy (non-hydrogen) atoms. The van der Waals surface area contributed by atoms with E-state index in [-0.39, 0.29) is 24.8 Å². The lowest BCUT2D eigenvalue weighted by atomic mass is 10.2. The summed E-state index contributed by atoms with van der Waals surface area (Å²) in [6, 6.07) is 4.51. The van der Waals surface area contributed by atoms with Crippen LogP contribution in [0.3, 0.4) is 0 Å². The summed E-state index contributed by atoms with van der Waals surface area (Å²) in [6.45, 7) is 3.56. The van der Waals surface area contributed by atoms with Gasteiger partial charge >= 0.3 is 5.97 Å². The van der Waals surface area contributed by atoms with Gasteiger partial charge in [-0.1, -0.05) is 6.92 Å². The van der Waals surface area contributed by atoms with Gasteiger partial charge in [0, 0.05) is 12.6 Å². The molecule has 1 aromatic carbocycles. The van der Waals surface area contributed by atoms with Gasteiger partial charge in [0.2, 0.25) is 0 Å². The number of esters is 1. The van der Waals surface area contributed by atoms with Gasteiger partial charge in [0.25, 0.3) is 0 Å². The predicted molar refractivity (Wildman–Crippen MR) is 65.9 cm³/mol. The molecule has 0 heterocycles. The first-order valence-electron chi connectivity index (χ1n) is 5.85. The first-order valence-corrected chi connectivity index (χ1v) is 5.85. The summed E-state index contributed by atoms with van der Waals surface area (Å²) < 4.78 is 23.1. The van der Waals surface area contributed by atoms with Gasteiger partial charge in [-0.15, -0.1) is 0 Å². The second-order valence-electron chi connectivity index (χ2n) is 3.75. The molecule has 1 rings (SSSR count). The number of rotatable bonds is 7. The molecule has 1 N–H and O–H groups in total. The van der Waals surface area contributed by atoms with Crippen LogP contribution >= 0.6 is 0 Å². The van der Waals surface area contributed by atoms with Crippen LogP contribution in [0.25, 0.3) is 0 Å². The number of methoxy groups -OCH3 is 1. The van der Waals surface area contributed by atoms with Crippen LogP contribution < -0.4 is 10.1 Å². The van der Waals surface area contributed by atoms with Crippen molar-refractivity contribution in [3.05, 3.63) is 29.6 Å². The van der Waals surface area contributed by atoms with Crippen molar-refractivity contribution in [2.45, 2.75) is 19.9 Å². The van der Waals surface area contributed by atoms with E-state index < -0.39 is 0 Å². The largest absolute Gasteiger partial charge is 0.493 e. The molecule has 0 unspecified atom stereocenters. The predicted octanol–water partition coefficient (Wildman–Crippen LogP) is 1.88. The highest BCUT2D eigenvalue weighted by Crippen LogP contribution is 2.16. The lowest BCUT2D eigenvalue weighted by Crippen LogP contribution is -2.12. The van der Waals surface area contributed by atoms with Gasteiger partial charge in [0.1, 0.15) is 11.6 Å². The van der Waals surface area contributed by atoms with Crippen LogP contribution in [0.2, 0.25) is 0 Å². The quantitative estimate of drug-likeness (QED) is 0.756. The highest BCUT2D eigenvalue weighted by atomic mass is 19.1. The zero-order chi connectivity index (χ0) is 13.4. The molecular weight excluding hydrogens is 237 g/mol. The highest BCUT2D eigenvalue weighted by Gasteiger charge is 2.04. The Kier molecular flexibility index (Phi) is 6.14. The van der Waals surface area contributed by atoms with Crippen molar-refractivity contribution in [1.29, 1.82) is 0 Å². The van der Waals surface area contributed by atoms with Crippen molar-refractivity contribution in [3.63, 3.8) is 0 Å². The summed E-state index contributed by atoms with van der Waals surface area (Å²) in [4.78, 5) is 10.9. The second kappa shape index (κ2) is 7.66. The van der Waals surface area contributed by atoms with E-state index in [4.69, 9.17) is 4.74 Å². The van der Waals surface area contributed by atoms with Crippen LogP contribution in [0.1, 0.15) is 18.9 Å². The van der Waals surface area contributed by atoms with E-state index in [0.717, 1.165) is 12.1 Å². The lowest BCUT2D eigenvalue weighted by molar-refractivity contribution is -0.141. The summed E-state index contributed by atoms with van der Waals surface area (Å²) in [5, 5.41) is 3.11. The molecule has 0 spiro atoms. The van der Waals surface area contributed by atoms with Crippen LogP contribution in [0.15, 0.2) is 18.2 Å². The topological polar surface area (TPSA) is 47.6 Å². The Labute approximate surface area is 106 Å². The average molecular weight is 255 g/mol. The molecule has 0 radical (unpaired) electrons. The average Bonchev–Trinajstić information content (AvgIpc) is 2.35. The van der Waals surface area contributed by atoms with E-state index in [0.29, 0.717) is 12.3 Å². The maximum Gasteiger partial charge on any atom is 0.308 e. The molecule has 0 saturated heterocycles. The maximum atomic E-state index is 13.3. The Bertz CT molecular complexity index is 396. The lowest BCUT2D eigenvalue weighted by Gasteiger charge is -2.08. The van der Waals surface area contributed by atoms with E-state index in [1.54, 1.807) is 6.07 Å². The molecule has 0 saturated carbocycles. The number of halogens is 1. The fraction of sp³-hybridized carbons (Fsp3) is 0.462. The molecule has 0 aliphatic carbocycles. The molecule has 5 heteroatoms. The van der Waals surface area contributed by atoms with Crippen LogP contribution in [-0.4, -0.2) is 26.2 Å². The van der Waals surface area contributed by atoms with E-state index in [9.17, 15) is 9.18 Å². The minimum atomic E-state index is -0.349. The molecule has 0 bridgehead atoms. The van der Waals surface area contributed by atoms with Crippen LogP contribution in [-0.2, 0) is 16.1 Å². The summed E-state index contributed by atoms with van der Waals surface area (Å²) in [6.07, 6.45) is 0.148. The van der Waals surface area contributed by atoms with Gasteiger partial charge in [-0.05, 0) is 24.2 Å². The Morgan fingerprint density at radius 3 is 2.83 bits per heavy atom. The van der Waals surface area contributed by atoms with Gasteiger partial charge in [-0.25, -0.2) is 4.39 Å². The number of ether oxygens (including phenoxy) is 2. The van der Waals surface area contributed by atoms with Crippen molar-refractivity contribution in [2.75, 3.05) is 20.3 Å². The zero-order valence-electron chi connectivity index (χ0n) is 10.7. The van der Waals surface area contributed by atoms with E-state index in [1.807, 2.05) is 6.92 Å². The molecule has 100 valence electrons. The summed E-state index contributed by atoms with van der Waals surface area (Å²) in [5.74, 6) is -0.274. The van der Waals surface area contributed by atoms with Crippen LogP contribution in [0.5, 0.6) is 5.75 Å². The second-order valence-corrected chi connectivity index (χ2v) is 3.75. The fourth-order valence-electron chi connectivity index (χ4n) is 1.43. The molecule has 0 aliphatic heterocycles. The third-order valence-electron chi connectivity index (χ3n) is 2.31.